The van der Waals surface area contributed by atoms with Gasteiger partial charge in [-0.15, -0.1) is 11.3 Å². The van der Waals surface area contributed by atoms with Crippen molar-refractivity contribution in [3.8, 4) is 21.8 Å². The van der Waals surface area contributed by atoms with Crippen molar-refractivity contribution >= 4 is 34.6 Å². The average molecular weight is 395 g/mol. The highest BCUT2D eigenvalue weighted by atomic mass is 32.1. The van der Waals surface area contributed by atoms with Crippen molar-refractivity contribution in [2.45, 2.75) is 0 Å². The fourth-order valence-corrected chi connectivity index (χ4v) is 4.33. The van der Waals surface area contributed by atoms with Crippen molar-refractivity contribution in [3.05, 3.63) is 89.6 Å². The maximum atomic E-state index is 12.8. The molecule has 1 amide bonds. The molecule has 0 saturated heterocycles. The van der Waals surface area contributed by atoms with Crippen molar-refractivity contribution in [3.63, 3.8) is 0 Å². The lowest BCUT2D eigenvalue weighted by atomic mass is 10.0. The fourth-order valence-electron chi connectivity index (χ4n) is 3.50. The summed E-state index contributed by atoms with van der Waals surface area (Å²) >= 11 is 1.60. The molecular formula is C24H17N3OS. The Kier molecular flexibility index (Phi) is 4.30. The normalized spacial score (nSPS) is 14.4. The Morgan fingerprint density at radius 1 is 0.966 bits per heavy atom. The lowest BCUT2D eigenvalue weighted by Gasteiger charge is -2.09. The molecule has 29 heavy (non-hydrogen) atoms. The van der Waals surface area contributed by atoms with E-state index in [9.17, 15) is 4.79 Å². The molecule has 2 aromatic carbocycles. The number of fused-ring (bicyclic) bond motifs is 1. The third-order valence-electron chi connectivity index (χ3n) is 5.02. The lowest BCUT2D eigenvalue weighted by Crippen LogP contribution is -2.20. The molecule has 140 valence electrons. The molecule has 0 saturated carbocycles. The van der Waals surface area contributed by atoms with Crippen LogP contribution in [0.3, 0.4) is 0 Å². The standard InChI is InChI=1S/C24H17N3OS/c1-27-22-8-7-18(21-15-29-23(26-21)17-9-11-25-12-10-17)14-19(22)20(24(27)28)13-16-5-3-2-4-6-16/h2-15H,1H3. The number of nitrogens with zero attached hydrogens (tertiary/aromatic N) is 3. The summed E-state index contributed by atoms with van der Waals surface area (Å²) in [6.45, 7) is 0. The molecule has 4 aromatic rings. The van der Waals surface area contributed by atoms with Crippen molar-refractivity contribution in [1.82, 2.24) is 9.97 Å². The first-order valence-electron chi connectivity index (χ1n) is 9.26. The van der Waals surface area contributed by atoms with E-state index < -0.39 is 0 Å². The Bertz CT molecular complexity index is 1230. The van der Waals surface area contributed by atoms with E-state index >= 15 is 0 Å². The van der Waals surface area contributed by atoms with E-state index in [0.717, 1.165) is 38.6 Å². The number of carbonyl (C=O) groups is 1. The second-order valence-electron chi connectivity index (χ2n) is 6.84. The Labute approximate surface area is 172 Å². The zero-order chi connectivity index (χ0) is 19.8. The number of carbonyl (C=O) groups excluding carboxylic acids is 1. The Morgan fingerprint density at radius 2 is 1.76 bits per heavy atom. The minimum absolute atomic E-state index is 0.0109. The number of amides is 1. The van der Waals surface area contributed by atoms with Gasteiger partial charge in [-0.3, -0.25) is 9.78 Å². The number of likely N-dealkylation sites (N-methyl/N-ethyl adjacent to an activating group) is 1. The second kappa shape index (κ2) is 7.11. The average Bonchev–Trinajstić information content (AvgIpc) is 3.35. The number of anilines is 1. The van der Waals surface area contributed by atoms with Gasteiger partial charge in [0, 0.05) is 47.1 Å². The first-order chi connectivity index (χ1) is 14.2. The quantitative estimate of drug-likeness (QED) is 0.437. The van der Waals surface area contributed by atoms with Gasteiger partial charge in [0.2, 0.25) is 0 Å². The first-order valence-corrected chi connectivity index (χ1v) is 10.1. The summed E-state index contributed by atoms with van der Waals surface area (Å²) < 4.78 is 0. The molecule has 4 nitrogen and oxygen atoms in total. The van der Waals surface area contributed by atoms with Crippen LogP contribution in [0.1, 0.15) is 11.1 Å². The molecule has 0 atom stereocenters. The van der Waals surface area contributed by atoms with Crippen LogP contribution in [0, 0.1) is 0 Å². The summed E-state index contributed by atoms with van der Waals surface area (Å²) in [5, 5.41) is 3.01. The van der Waals surface area contributed by atoms with E-state index in [1.54, 1.807) is 28.6 Å². The lowest BCUT2D eigenvalue weighted by molar-refractivity contribution is -0.112. The van der Waals surface area contributed by atoms with Crippen LogP contribution in [-0.4, -0.2) is 22.9 Å². The molecule has 1 aliphatic rings. The first kappa shape index (κ1) is 17.5. The molecule has 0 unspecified atom stereocenters. The zero-order valence-electron chi connectivity index (χ0n) is 15.7. The molecule has 5 heteroatoms. The van der Waals surface area contributed by atoms with Gasteiger partial charge in [-0.2, -0.15) is 0 Å². The largest absolute Gasteiger partial charge is 0.311 e. The zero-order valence-corrected chi connectivity index (χ0v) is 16.6. The number of pyridine rings is 1. The van der Waals surface area contributed by atoms with Gasteiger partial charge in [0.15, 0.2) is 0 Å². The van der Waals surface area contributed by atoms with Crippen LogP contribution in [0.15, 0.2) is 78.4 Å². The highest BCUT2D eigenvalue weighted by molar-refractivity contribution is 7.13. The van der Waals surface area contributed by atoms with Crippen LogP contribution in [0.4, 0.5) is 5.69 Å². The van der Waals surface area contributed by atoms with Crippen LogP contribution in [0.25, 0.3) is 33.5 Å². The van der Waals surface area contributed by atoms with Gasteiger partial charge in [-0.25, -0.2) is 4.98 Å². The van der Waals surface area contributed by atoms with E-state index in [1.165, 1.54) is 0 Å². The second-order valence-corrected chi connectivity index (χ2v) is 7.70. The number of hydrogen-bond donors (Lipinski definition) is 0. The van der Waals surface area contributed by atoms with Crippen molar-refractivity contribution in [1.29, 1.82) is 0 Å². The molecule has 5 rings (SSSR count). The number of rotatable bonds is 3. The SMILES string of the molecule is CN1C(=O)C(=Cc2ccccc2)c2cc(-c3csc(-c4ccncc4)n3)ccc21. The molecular weight excluding hydrogens is 378 g/mol. The minimum Gasteiger partial charge on any atom is -0.311 e. The monoisotopic (exact) mass is 395 g/mol. The summed E-state index contributed by atoms with van der Waals surface area (Å²) in [6.07, 6.45) is 5.50. The van der Waals surface area contributed by atoms with Crippen molar-refractivity contribution < 1.29 is 4.79 Å². The third-order valence-corrected chi connectivity index (χ3v) is 5.91. The van der Waals surface area contributed by atoms with Gasteiger partial charge in [0.05, 0.1) is 11.4 Å². The van der Waals surface area contributed by atoms with Gasteiger partial charge in [-0.1, -0.05) is 36.4 Å². The Balaban J connectivity index is 1.57. The molecule has 1 aliphatic heterocycles. The Hall–Kier alpha value is -3.57. The number of aromatic nitrogens is 2. The highest BCUT2D eigenvalue weighted by Crippen LogP contribution is 2.40. The third kappa shape index (κ3) is 3.15. The molecule has 0 fully saturated rings. The molecule has 0 spiro atoms. The maximum Gasteiger partial charge on any atom is 0.258 e. The van der Waals surface area contributed by atoms with Crippen LogP contribution in [-0.2, 0) is 4.79 Å². The van der Waals surface area contributed by atoms with Crippen LogP contribution < -0.4 is 4.90 Å². The van der Waals surface area contributed by atoms with E-state index in [0.29, 0.717) is 5.57 Å². The number of benzene rings is 2. The predicted molar refractivity (Wildman–Crippen MR) is 119 cm³/mol. The van der Waals surface area contributed by atoms with E-state index in [-0.39, 0.29) is 5.91 Å². The summed E-state index contributed by atoms with van der Waals surface area (Å²) in [5.41, 5.74) is 6.55. The van der Waals surface area contributed by atoms with Crippen LogP contribution in [0.5, 0.6) is 0 Å². The van der Waals surface area contributed by atoms with Gasteiger partial charge in [0.1, 0.15) is 5.01 Å². The molecule has 0 radical (unpaired) electrons. The smallest absolute Gasteiger partial charge is 0.258 e. The van der Waals surface area contributed by atoms with Gasteiger partial charge in [-0.05, 0) is 35.9 Å². The van der Waals surface area contributed by atoms with E-state index in [1.807, 2.05) is 67.7 Å². The minimum atomic E-state index is 0.0109. The van der Waals surface area contributed by atoms with E-state index in [4.69, 9.17) is 4.98 Å². The molecule has 0 N–H and O–H groups in total. The maximum absolute atomic E-state index is 12.8. The van der Waals surface area contributed by atoms with E-state index in [2.05, 4.69) is 16.4 Å². The molecule has 2 aromatic heterocycles. The van der Waals surface area contributed by atoms with Crippen molar-refractivity contribution in [2.24, 2.45) is 0 Å². The number of thiazole rings is 1. The topological polar surface area (TPSA) is 46.1 Å². The molecule has 0 aliphatic carbocycles. The summed E-state index contributed by atoms with van der Waals surface area (Å²) in [4.78, 5) is 23.4. The summed E-state index contributed by atoms with van der Waals surface area (Å²) in [7, 11) is 1.82. The van der Waals surface area contributed by atoms with Gasteiger partial charge < -0.3 is 4.90 Å². The number of hydrogen-bond acceptors (Lipinski definition) is 4. The van der Waals surface area contributed by atoms with Gasteiger partial charge >= 0.3 is 0 Å². The Morgan fingerprint density at radius 3 is 2.55 bits per heavy atom. The molecule has 3 heterocycles. The highest BCUT2D eigenvalue weighted by Gasteiger charge is 2.30. The fraction of sp³-hybridized carbons (Fsp3) is 0.0417. The summed E-state index contributed by atoms with van der Waals surface area (Å²) in [6, 6.07) is 19.9. The molecule has 0 bridgehead atoms. The van der Waals surface area contributed by atoms with Gasteiger partial charge in [0.25, 0.3) is 5.91 Å². The predicted octanol–water partition coefficient (Wildman–Crippen LogP) is 5.39. The van der Waals surface area contributed by atoms with Crippen molar-refractivity contribution in [2.75, 3.05) is 11.9 Å². The van der Waals surface area contributed by atoms with Crippen LogP contribution in [0.2, 0.25) is 0 Å². The summed E-state index contributed by atoms with van der Waals surface area (Å²) in [5.74, 6) is 0.0109. The van der Waals surface area contributed by atoms with Crippen LogP contribution >= 0.6 is 11.3 Å².